The van der Waals surface area contributed by atoms with Crippen LogP contribution in [0, 0.1) is 11.8 Å². The van der Waals surface area contributed by atoms with Crippen LogP contribution in [-0.4, -0.2) is 25.6 Å². The highest BCUT2D eigenvalue weighted by atomic mass is 16.5. The number of hydrogen-bond donors (Lipinski definition) is 0. The molecule has 1 saturated heterocycles. The van der Waals surface area contributed by atoms with Gasteiger partial charge in [-0.2, -0.15) is 0 Å². The number of hydrogen-bond acceptors (Lipinski definition) is 2. The lowest BCUT2D eigenvalue weighted by molar-refractivity contribution is 0.0400. The maximum Gasteiger partial charge on any atom is 0.118 e. The molecule has 0 aromatic heterocycles. The molecule has 2 fully saturated rings. The molecular weight excluding hydrogens is 234 g/mol. The van der Waals surface area contributed by atoms with Gasteiger partial charge in [-0.15, -0.1) is 0 Å². The first-order chi connectivity index (χ1) is 9.29. The van der Waals surface area contributed by atoms with Gasteiger partial charge < -0.3 is 4.74 Å². The maximum atomic E-state index is 5.28. The van der Waals surface area contributed by atoms with Crippen molar-refractivity contribution in [1.82, 2.24) is 4.90 Å². The monoisotopic (exact) mass is 259 g/mol. The van der Waals surface area contributed by atoms with E-state index in [1.807, 2.05) is 0 Å². The Hall–Kier alpha value is -1.02. The zero-order chi connectivity index (χ0) is 13.2. The van der Waals surface area contributed by atoms with E-state index in [2.05, 4.69) is 36.2 Å². The van der Waals surface area contributed by atoms with E-state index in [1.54, 1.807) is 7.11 Å². The van der Waals surface area contributed by atoms with Gasteiger partial charge in [0.1, 0.15) is 5.75 Å². The van der Waals surface area contributed by atoms with Crippen LogP contribution in [-0.2, 0) is 0 Å². The number of methoxy groups -OCH3 is 1. The molecule has 0 N–H and O–H groups in total. The summed E-state index contributed by atoms with van der Waals surface area (Å²) >= 11 is 0. The van der Waals surface area contributed by atoms with Crippen LogP contribution in [0.15, 0.2) is 24.3 Å². The molecule has 1 heterocycles. The van der Waals surface area contributed by atoms with E-state index in [4.69, 9.17) is 4.74 Å². The van der Waals surface area contributed by atoms with E-state index in [-0.39, 0.29) is 0 Å². The maximum absolute atomic E-state index is 5.28. The third-order valence-electron chi connectivity index (χ3n) is 5.16. The van der Waals surface area contributed by atoms with Crippen LogP contribution in [0.2, 0.25) is 0 Å². The Kier molecular flexibility index (Phi) is 3.79. The van der Waals surface area contributed by atoms with Crippen molar-refractivity contribution in [2.24, 2.45) is 11.8 Å². The first-order valence-corrected chi connectivity index (χ1v) is 7.64. The second kappa shape index (κ2) is 5.54. The molecule has 19 heavy (non-hydrogen) atoms. The molecule has 0 bridgehead atoms. The van der Waals surface area contributed by atoms with Gasteiger partial charge in [0.25, 0.3) is 0 Å². The summed E-state index contributed by atoms with van der Waals surface area (Å²) in [6.45, 7) is 1.25. The minimum absolute atomic E-state index is 0.616. The molecule has 0 spiro atoms. The highest BCUT2D eigenvalue weighted by Gasteiger charge is 2.38. The van der Waals surface area contributed by atoms with Gasteiger partial charge in [0.2, 0.25) is 0 Å². The summed E-state index contributed by atoms with van der Waals surface area (Å²) in [5, 5.41) is 0. The number of benzene rings is 1. The molecule has 1 aromatic rings. The quantitative estimate of drug-likeness (QED) is 0.799. The van der Waals surface area contributed by atoms with Gasteiger partial charge in [0.05, 0.1) is 7.11 Å². The van der Waals surface area contributed by atoms with Crippen molar-refractivity contribution < 1.29 is 4.74 Å². The number of rotatable bonds is 2. The first-order valence-electron chi connectivity index (χ1n) is 7.64. The molecule has 2 aliphatic rings. The summed E-state index contributed by atoms with van der Waals surface area (Å²) in [5.74, 6) is 2.78. The molecule has 1 aliphatic carbocycles. The van der Waals surface area contributed by atoms with Crippen LogP contribution in [0.3, 0.4) is 0 Å². The van der Waals surface area contributed by atoms with E-state index in [1.165, 1.54) is 44.2 Å². The Bertz CT molecular complexity index is 414. The third kappa shape index (κ3) is 2.51. The third-order valence-corrected chi connectivity index (χ3v) is 5.16. The fourth-order valence-corrected chi connectivity index (χ4v) is 4.15. The van der Waals surface area contributed by atoms with Gasteiger partial charge in [-0.1, -0.05) is 31.4 Å². The van der Waals surface area contributed by atoms with Gasteiger partial charge in [-0.3, -0.25) is 4.90 Å². The van der Waals surface area contributed by atoms with Crippen molar-refractivity contribution >= 4 is 0 Å². The minimum atomic E-state index is 0.616. The summed E-state index contributed by atoms with van der Waals surface area (Å²) in [6.07, 6.45) is 7.12. The summed E-state index contributed by atoms with van der Waals surface area (Å²) in [6, 6.07) is 9.35. The predicted molar refractivity (Wildman–Crippen MR) is 78.4 cm³/mol. The molecule has 104 valence electrons. The first kappa shape index (κ1) is 13.0. The standard InChI is InChI=1S/C17H25NO/c1-18-12-11-13-5-3-4-6-16(13)17(18)14-7-9-15(19-2)10-8-14/h7-10,13,16-17H,3-6,11-12H2,1-2H3. The molecule has 0 amide bonds. The van der Waals surface area contributed by atoms with Crippen molar-refractivity contribution in [1.29, 1.82) is 0 Å². The Labute approximate surface area is 116 Å². The van der Waals surface area contributed by atoms with Crippen LogP contribution in [0.5, 0.6) is 5.75 Å². The van der Waals surface area contributed by atoms with E-state index in [9.17, 15) is 0 Å². The topological polar surface area (TPSA) is 12.5 Å². The molecule has 0 radical (unpaired) electrons. The molecule has 2 heteroatoms. The van der Waals surface area contributed by atoms with Crippen LogP contribution in [0.1, 0.15) is 43.7 Å². The Morgan fingerprint density at radius 1 is 1.05 bits per heavy atom. The molecule has 3 atom stereocenters. The van der Waals surface area contributed by atoms with Crippen LogP contribution in [0.25, 0.3) is 0 Å². The van der Waals surface area contributed by atoms with Gasteiger partial charge in [-0.25, -0.2) is 0 Å². The lowest BCUT2D eigenvalue weighted by Gasteiger charge is -2.46. The molecule has 1 aliphatic heterocycles. The van der Waals surface area contributed by atoms with Crippen molar-refractivity contribution in [2.45, 2.75) is 38.1 Å². The van der Waals surface area contributed by atoms with Crippen LogP contribution >= 0.6 is 0 Å². The van der Waals surface area contributed by atoms with Crippen molar-refractivity contribution in [3.05, 3.63) is 29.8 Å². The number of piperidine rings is 1. The van der Waals surface area contributed by atoms with Gasteiger partial charge in [0, 0.05) is 6.04 Å². The zero-order valence-electron chi connectivity index (χ0n) is 12.1. The lowest BCUT2D eigenvalue weighted by Crippen LogP contribution is -2.42. The molecule has 3 unspecified atom stereocenters. The van der Waals surface area contributed by atoms with E-state index >= 15 is 0 Å². The highest BCUT2D eigenvalue weighted by molar-refractivity contribution is 5.30. The normalized spacial score (nSPS) is 31.8. The predicted octanol–water partition coefficient (Wildman–Crippen LogP) is 3.88. The second-order valence-electron chi connectivity index (χ2n) is 6.20. The van der Waals surface area contributed by atoms with E-state index in [0.29, 0.717) is 6.04 Å². The Morgan fingerprint density at radius 3 is 2.53 bits per heavy atom. The summed E-state index contributed by atoms with van der Waals surface area (Å²) in [5.41, 5.74) is 1.47. The molecular formula is C17H25NO. The summed E-state index contributed by atoms with van der Waals surface area (Å²) in [4.78, 5) is 2.56. The van der Waals surface area contributed by atoms with E-state index < -0.39 is 0 Å². The summed E-state index contributed by atoms with van der Waals surface area (Å²) in [7, 11) is 4.03. The zero-order valence-corrected chi connectivity index (χ0v) is 12.1. The smallest absolute Gasteiger partial charge is 0.118 e. The lowest BCUT2D eigenvalue weighted by atomic mass is 9.69. The van der Waals surface area contributed by atoms with Crippen LogP contribution in [0.4, 0.5) is 0 Å². The molecule has 1 saturated carbocycles. The SMILES string of the molecule is COc1ccc(C2C3CCCCC3CCN2C)cc1. The average Bonchev–Trinajstić information content (AvgIpc) is 2.47. The molecule has 1 aromatic carbocycles. The van der Waals surface area contributed by atoms with Crippen LogP contribution < -0.4 is 4.74 Å². The number of nitrogens with zero attached hydrogens (tertiary/aromatic N) is 1. The highest BCUT2D eigenvalue weighted by Crippen LogP contribution is 2.46. The largest absolute Gasteiger partial charge is 0.497 e. The van der Waals surface area contributed by atoms with Crippen molar-refractivity contribution in [2.75, 3.05) is 20.7 Å². The van der Waals surface area contributed by atoms with Gasteiger partial charge >= 0.3 is 0 Å². The minimum Gasteiger partial charge on any atom is -0.497 e. The van der Waals surface area contributed by atoms with Crippen molar-refractivity contribution in [3.8, 4) is 5.75 Å². The fraction of sp³-hybridized carbons (Fsp3) is 0.647. The molecule has 2 nitrogen and oxygen atoms in total. The van der Waals surface area contributed by atoms with E-state index in [0.717, 1.165) is 17.6 Å². The molecule has 3 rings (SSSR count). The fourth-order valence-electron chi connectivity index (χ4n) is 4.15. The summed E-state index contributed by atoms with van der Waals surface area (Å²) < 4.78 is 5.28. The number of fused-ring (bicyclic) bond motifs is 1. The number of likely N-dealkylation sites (tertiary alicyclic amines) is 1. The Morgan fingerprint density at radius 2 is 1.79 bits per heavy atom. The average molecular weight is 259 g/mol. The van der Waals surface area contributed by atoms with Gasteiger partial charge in [-0.05, 0) is 56.0 Å². The Balaban J connectivity index is 1.86. The number of ether oxygens (including phenoxy) is 1. The van der Waals surface area contributed by atoms with Crippen molar-refractivity contribution in [3.63, 3.8) is 0 Å². The second-order valence-corrected chi connectivity index (χ2v) is 6.20. The van der Waals surface area contributed by atoms with Gasteiger partial charge in [0.15, 0.2) is 0 Å².